The van der Waals surface area contributed by atoms with Gasteiger partial charge in [0.1, 0.15) is 0 Å². The van der Waals surface area contributed by atoms with Crippen molar-refractivity contribution >= 4 is 21.5 Å². The number of nitrogens with zero attached hydrogens (tertiary/aromatic N) is 2. The van der Waals surface area contributed by atoms with Gasteiger partial charge < -0.3 is 0 Å². The predicted molar refractivity (Wildman–Crippen MR) is 190 cm³/mol. The van der Waals surface area contributed by atoms with Crippen molar-refractivity contribution < 1.29 is 0 Å². The van der Waals surface area contributed by atoms with E-state index in [9.17, 15) is 0 Å². The van der Waals surface area contributed by atoms with Gasteiger partial charge in [-0.3, -0.25) is 9.97 Å². The summed E-state index contributed by atoms with van der Waals surface area (Å²) < 4.78 is 0. The highest BCUT2D eigenvalue weighted by atomic mass is 14.6. The number of rotatable bonds is 2. The second-order valence-electron chi connectivity index (χ2n) is 13.5. The summed E-state index contributed by atoms with van der Waals surface area (Å²) in [4.78, 5) is 9.34. The molecule has 0 radical (unpaired) electrons. The molecule has 4 aromatic carbocycles. The molecule has 2 aliphatic carbocycles. The average molecular weight is 581 g/mol. The summed E-state index contributed by atoms with van der Waals surface area (Å²) in [5.74, 6) is 0. The largest absolute Gasteiger partial charge is 0.264 e. The van der Waals surface area contributed by atoms with E-state index in [2.05, 4.69) is 141 Å². The summed E-state index contributed by atoms with van der Waals surface area (Å²) in [5, 5.41) is 4.67. The Labute approximate surface area is 265 Å². The molecular formula is C43H36N2. The molecule has 2 nitrogen and oxygen atoms in total. The molecule has 6 aromatic rings. The summed E-state index contributed by atoms with van der Waals surface area (Å²) in [6.07, 6.45) is 17.4. The van der Waals surface area contributed by atoms with Crippen molar-refractivity contribution in [2.45, 2.75) is 44.9 Å². The van der Waals surface area contributed by atoms with Gasteiger partial charge in [-0.05, 0) is 103 Å². The monoisotopic (exact) mass is 580 g/mol. The van der Waals surface area contributed by atoms with Crippen molar-refractivity contribution in [2.75, 3.05) is 0 Å². The standard InChI is InChI=1S/C43H36N2/c1-27-11-7-6-8-12-28-15-16-29(23-38(28)42(27,2)3)40-33-19-21-45-26-36(33)41(34-20-22-44-25-35(34)40)30-17-18-32-31-13-9-10-14-37(31)43(4,5)39(32)24-30/h6-11,13-26H,1,12H2,2-5H3/b8-6-,11-7-. The second-order valence-corrected chi connectivity index (χ2v) is 13.5. The number of hydrogen-bond acceptors (Lipinski definition) is 2. The van der Waals surface area contributed by atoms with Crippen molar-refractivity contribution in [1.82, 2.24) is 9.97 Å². The van der Waals surface area contributed by atoms with Crippen LogP contribution in [-0.2, 0) is 17.3 Å². The fourth-order valence-corrected chi connectivity index (χ4v) is 7.71. The van der Waals surface area contributed by atoms with Gasteiger partial charge in [-0.2, -0.15) is 0 Å². The van der Waals surface area contributed by atoms with Crippen molar-refractivity contribution in [3.63, 3.8) is 0 Å². The van der Waals surface area contributed by atoms with Crippen molar-refractivity contribution in [3.05, 3.63) is 156 Å². The van der Waals surface area contributed by atoms with E-state index < -0.39 is 0 Å². The van der Waals surface area contributed by atoms with Gasteiger partial charge in [-0.15, -0.1) is 0 Å². The Balaban J connectivity index is 1.40. The third-order valence-corrected chi connectivity index (χ3v) is 10.3. The minimum Gasteiger partial charge on any atom is -0.264 e. The van der Waals surface area contributed by atoms with Crippen LogP contribution in [0.25, 0.3) is 54.9 Å². The van der Waals surface area contributed by atoms with Crippen molar-refractivity contribution in [3.8, 4) is 33.4 Å². The molecule has 0 spiro atoms. The number of allylic oxidation sites excluding steroid dienone is 5. The van der Waals surface area contributed by atoms with Crippen molar-refractivity contribution in [2.24, 2.45) is 0 Å². The van der Waals surface area contributed by atoms with E-state index in [-0.39, 0.29) is 10.8 Å². The highest BCUT2D eigenvalue weighted by Crippen LogP contribution is 2.51. The molecule has 0 N–H and O–H groups in total. The van der Waals surface area contributed by atoms with Gasteiger partial charge in [0.25, 0.3) is 0 Å². The maximum absolute atomic E-state index is 4.67. The summed E-state index contributed by atoms with van der Waals surface area (Å²) in [6.45, 7) is 13.7. The van der Waals surface area contributed by atoms with E-state index >= 15 is 0 Å². The molecule has 218 valence electrons. The van der Waals surface area contributed by atoms with Crippen LogP contribution in [0.2, 0.25) is 0 Å². The minimum atomic E-state index is -0.214. The molecule has 2 heteroatoms. The Morgan fingerprint density at radius 3 is 1.93 bits per heavy atom. The van der Waals surface area contributed by atoms with Crippen molar-refractivity contribution in [1.29, 1.82) is 0 Å². The normalized spacial score (nSPS) is 17.6. The summed E-state index contributed by atoms with van der Waals surface area (Å²) in [6, 6.07) is 27.2. The van der Waals surface area contributed by atoms with E-state index in [1.807, 2.05) is 24.8 Å². The van der Waals surface area contributed by atoms with Crippen LogP contribution < -0.4 is 0 Å². The average Bonchev–Trinajstić information content (AvgIpc) is 3.31. The predicted octanol–water partition coefficient (Wildman–Crippen LogP) is 10.9. The number of fused-ring (bicyclic) bond motifs is 6. The maximum Gasteiger partial charge on any atom is 0.0353 e. The fourth-order valence-electron chi connectivity index (χ4n) is 7.71. The SMILES string of the molecule is C=C1/C=C\C=C/Cc2ccc(-c3c4ccncc4c(-c4ccc5c(c4)C(C)(C)c4ccccc4-5)c4ccncc34)cc2C1(C)C. The number of hydrogen-bond donors (Lipinski definition) is 0. The quantitative estimate of drug-likeness (QED) is 0.190. The van der Waals surface area contributed by atoms with Gasteiger partial charge in [0, 0.05) is 46.4 Å². The van der Waals surface area contributed by atoms with Gasteiger partial charge in [-0.25, -0.2) is 0 Å². The zero-order chi connectivity index (χ0) is 30.9. The van der Waals surface area contributed by atoms with Crippen LogP contribution in [0.4, 0.5) is 0 Å². The molecule has 0 aliphatic heterocycles. The third kappa shape index (κ3) is 4.09. The molecule has 0 saturated carbocycles. The molecule has 0 saturated heterocycles. The van der Waals surface area contributed by atoms with Crippen LogP contribution in [0.1, 0.15) is 49.9 Å². The van der Waals surface area contributed by atoms with Crippen LogP contribution in [0, 0.1) is 0 Å². The lowest BCUT2D eigenvalue weighted by molar-refractivity contribution is 0.635. The lowest BCUT2D eigenvalue weighted by atomic mass is 9.74. The Morgan fingerprint density at radius 2 is 1.22 bits per heavy atom. The zero-order valence-corrected chi connectivity index (χ0v) is 26.4. The highest BCUT2D eigenvalue weighted by molar-refractivity contribution is 6.21. The first-order valence-corrected chi connectivity index (χ1v) is 15.8. The molecule has 0 unspecified atom stereocenters. The maximum atomic E-state index is 4.67. The molecule has 2 aromatic heterocycles. The first kappa shape index (κ1) is 27.5. The van der Waals surface area contributed by atoms with E-state index in [1.54, 1.807) is 0 Å². The van der Waals surface area contributed by atoms with E-state index in [0.29, 0.717) is 0 Å². The van der Waals surface area contributed by atoms with E-state index in [1.165, 1.54) is 66.4 Å². The Bertz CT molecular complexity index is 2200. The molecule has 0 bridgehead atoms. The van der Waals surface area contributed by atoms with Gasteiger partial charge in [-0.1, -0.05) is 107 Å². The number of benzene rings is 4. The molecule has 0 atom stereocenters. The molecular weight excluding hydrogens is 544 g/mol. The molecule has 2 aliphatic rings. The van der Waals surface area contributed by atoms with Crippen LogP contribution in [0.15, 0.2) is 134 Å². The fraction of sp³-hybridized carbons (Fsp3) is 0.163. The molecule has 45 heavy (non-hydrogen) atoms. The molecule has 0 fully saturated rings. The summed E-state index contributed by atoms with van der Waals surface area (Å²) in [5.41, 5.74) is 13.7. The first-order chi connectivity index (χ1) is 21.8. The van der Waals surface area contributed by atoms with E-state index in [0.717, 1.165) is 22.8 Å². The molecule has 8 rings (SSSR count). The van der Waals surface area contributed by atoms with Gasteiger partial charge in [0.15, 0.2) is 0 Å². The van der Waals surface area contributed by atoms with E-state index in [4.69, 9.17) is 0 Å². The van der Waals surface area contributed by atoms with Gasteiger partial charge in [0.2, 0.25) is 0 Å². The topological polar surface area (TPSA) is 25.8 Å². The Morgan fingerprint density at radius 1 is 0.600 bits per heavy atom. The van der Waals surface area contributed by atoms with Crippen LogP contribution in [-0.4, -0.2) is 9.97 Å². The second kappa shape index (κ2) is 9.97. The minimum absolute atomic E-state index is 0.0753. The van der Waals surface area contributed by atoms with Crippen LogP contribution >= 0.6 is 0 Å². The van der Waals surface area contributed by atoms with Crippen LogP contribution in [0.3, 0.4) is 0 Å². The van der Waals surface area contributed by atoms with Gasteiger partial charge in [0.05, 0.1) is 0 Å². The summed E-state index contributed by atoms with van der Waals surface area (Å²) in [7, 11) is 0. The first-order valence-electron chi connectivity index (χ1n) is 15.8. The van der Waals surface area contributed by atoms with Gasteiger partial charge >= 0.3 is 0 Å². The molecule has 2 heterocycles. The zero-order valence-electron chi connectivity index (χ0n) is 26.4. The number of pyridine rings is 2. The number of aromatic nitrogens is 2. The lowest BCUT2D eigenvalue weighted by Gasteiger charge is -2.29. The van der Waals surface area contributed by atoms with Crippen LogP contribution in [0.5, 0.6) is 0 Å². The smallest absolute Gasteiger partial charge is 0.0353 e. The Hall–Kier alpha value is -5.08. The highest BCUT2D eigenvalue weighted by Gasteiger charge is 2.35. The lowest BCUT2D eigenvalue weighted by Crippen LogP contribution is -2.20. The third-order valence-electron chi connectivity index (χ3n) is 10.3. The summed E-state index contributed by atoms with van der Waals surface area (Å²) >= 11 is 0. The molecule has 0 amide bonds. The Kier molecular flexibility index (Phi) is 6.09.